The number of hydrogen-bond acceptors (Lipinski definition) is 6. The third-order valence-corrected chi connectivity index (χ3v) is 4.15. The number of methoxy groups -OCH3 is 1. The maximum Gasteiger partial charge on any atom is 0.337 e. The molecule has 0 spiro atoms. The van der Waals surface area contributed by atoms with Crippen LogP contribution in [0.25, 0.3) is 0 Å². The zero-order valence-corrected chi connectivity index (χ0v) is 14.0. The van der Waals surface area contributed by atoms with Crippen molar-refractivity contribution in [1.29, 1.82) is 0 Å². The molecule has 0 atom stereocenters. The normalized spacial score (nSPS) is 10.3. The van der Waals surface area contributed by atoms with Crippen molar-refractivity contribution in [1.82, 2.24) is 10.2 Å². The van der Waals surface area contributed by atoms with Gasteiger partial charge in [0.2, 0.25) is 5.13 Å². The number of esters is 1. The molecule has 7 heteroatoms. The van der Waals surface area contributed by atoms with Crippen LogP contribution >= 0.6 is 11.3 Å². The monoisotopic (exact) mass is 333 g/mol. The third kappa shape index (κ3) is 4.85. The summed E-state index contributed by atoms with van der Waals surface area (Å²) in [7, 11) is 1.32. The fourth-order valence-electron chi connectivity index (χ4n) is 1.98. The van der Waals surface area contributed by atoms with Crippen molar-refractivity contribution in [2.24, 2.45) is 0 Å². The Hall–Kier alpha value is -2.28. The summed E-state index contributed by atoms with van der Waals surface area (Å²) in [5.74, 6) is -0.713. The van der Waals surface area contributed by atoms with Gasteiger partial charge in [-0.15, -0.1) is 10.2 Å². The number of rotatable bonds is 7. The van der Waals surface area contributed by atoms with Crippen molar-refractivity contribution < 1.29 is 14.3 Å². The van der Waals surface area contributed by atoms with Crippen molar-refractivity contribution in [3.63, 3.8) is 0 Å². The number of amides is 1. The smallest absolute Gasteiger partial charge is 0.337 e. The number of aromatic nitrogens is 2. The number of ether oxygens (including phenoxy) is 1. The molecule has 6 nitrogen and oxygen atoms in total. The Morgan fingerprint density at radius 2 is 1.83 bits per heavy atom. The highest BCUT2D eigenvalue weighted by Crippen LogP contribution is 2.18. The molecule has 2 aromatic rings. The lowest BCUT2D eigenvalue weighted by Crippen LogP contribution is -2.12. The van der Waals surface area contributed by atoms with E-state index in [1.54, 1.807) is 24.3 Å². The van der Waals surface area contributed by atoms with Gasteiger partial charge in [0, 0.05) is 12.0 Å². The van der Waals surface area contributed by atoms with E-state index in [2.05, 4.69) is 27.2 Å². The van der Waals surface area contributed by atoms with E-state index in [1.165, 1.54) is 18.4 Å². The number of nitrogens with zero attached hydrogens (tertiary/aromatic N) is 2. The quantitative estimate of drug-likeness (QED) is 0.621. The summed E-state index contributed by atoms with van der Waals surface area (Å²) in [5.41, 5.74) is 0.846. The van der Waals surface area contributed by atoms with Crippen LogP contribution in [0.15, 0.2) is 24.3 Å². The molecule has 0 aliphatic heterocycles. The second-order valence-corrected chi connectivity index (χ2v) is 6.04. The SMILES string of the molecule is CCCCCc1nnc(NC(=O)c2ccc(C(=O)OC)cc2)s1. The lowest BCUT2D eigenvalue weighted by Gasteiger charge is -2.02. The largest absolute Gasteiger partial charge is 0.465 e. The zero-order valence-electron chi connectivity index (χ0n) is 13.2. The lowest BCUT2D eigenvalue weighted by molar-refractivity contribution is 0.0600. The molecule has 1 heterocycles. The van der Waals surface area contributed by atoms with Crippen molar-refractivity contribution in [2.75, 3.05) is 12.4 Å². The molecule has 0 bridgehead atoms. The first-order chi connectivity index (χ1) is 11.1. The van der Waals surface area contributed by atoms with Gasteiger partial charge in [0.15, 0.2) is 0 Å². The maximum absolute atomic E-state index is 12.1. The molecular formula is C16H19N3O3S. The van der Waals surface area contributed by atoms with Gasteiger partial charge < -0.3 is 4.74 Å². The molecule has 1 aromatic heterocycles. The molecule has 1 aromatic carbocycles. The van der Waals surface area contributed by atoms with Crippen molar-refractivity contribution in [3.8, 4) is 0 Å². The fraction of sp³-hybridized carbons (Fsp3) is 0.375. The Labute approximate surface area is 138 Å². The molecule has 122 valence electrons. The minimum Gasteiger partial charge on any atom is -0.465 e. The van der Waals surface area contributed by atoms with Crippen LogP contribution in [0.4, 0.5) is 5.13 Å². The van der Waals surface area contributed by atoms with E-state index in [-0.39, 0.29) is 5.91 Å². The molecular weight excluding hydrogens is 314 g/mol. The molecule has 23 heavy (non-hydrogen) atoms. The maximum atomic E-state index is 12.1. The van der Waals surface area contributed by atoms with Crippen molar-refractivity contribution in [2.45, 2.75) is 32.6 Å². The van der Waals surface area contributed by atoms with Crippen LogP contribution in [-0.4, -0.2) is 29.2 Å². The molecule has 0 unspecified atom stereocenters. The summed E-state index contributed by atoms with van der Waals surface area (Å²) in [6.07, 6.45) is 4.28. The summed E-state index contributed by atoms with van der Waals surface area (Å²) < 4.78 is 4.62. The number of nitrogens with one attached hydrogen (secondary N) is 1. The van der Waals surface area contributed by atoms with Crippen LogP contribution in [0.5, 0.6) is 0 Å². The highest BCUT2D eigenvalue weighted by molar-refractivity contribution is 7.15. The van der Waals surface area contributed by atoms with Crippen LogP contribution in [-0.2, 0) is 11.2 Å². The molecule has 0 aliphatic carbocycles. The highest BCUT2D eigenvalue weighted by Gasteiger charge is 2.11. The van der Waals surface area contributed by atoms with Crippen LogP contribution in [0.3, 0.4) is 0 Å². The standard InChI is InChI=1S/C16H19N3O3S/c1-3-4-5-6-13-18-19-16(23-13)17-14(20)11-7-9-12(10-8-11)15(21)22-2/h7-10H,3-6H2,1-2H3,(H,17,19,20). The highest BCUT2D eigenvalue weighted by atomic mass is 32.1. The summed E-state index contributed by atoms with van der Waals surface area (Å²) >= 11 is 1.39. The van der Waals surface area contributed by atoms with Gasteiger partial charge >= 0.3 is 5.97 Å². The Morgan fingerprint density at radius 3 is 2.48 bits per heavy atom. The molecule has 0 saturated carbocycles. The molecule has 0 fully saturated rings. The van der Waals surface area contributed by atoms with Gasteiger partial charge in [-0.3, -0.25) is 10.1 Å². The molecule has 2 rings (SSSR count). The first-order valence-corrected chi connectivity index (χ1v) is 8.27. The van der Waals surface area contributed by atoms with Crippen LogP contribution < -0.4 is 5.32 Å². The minimum atomic E-state index is -0.433. The van der Waals surface area contributed by atoms with Crippen LogP contribution in [0.1, 0.15) is 51.9 Å². The van der Waals surface area contributed by atoms with Crippen LogP contribution in [0, 0.1) is 0 Å². The summed E-state index contributed by atoms with van der Waals surface area (Å²) in [6, 6.07) is 6.25. The second-order valence-electron chi connectivity index (χ2n) is 4.98. The summed E-state index contributed by atoms with van der Waals surface area (Å²) in [6.45, 7) is 2.15. The van der Waals surface area contributed by atoms with E-state index in [4.69, 9.17) is 0 Å². The van der Waals surface area contributed by atoms with E-state index in [0.29, 0.717) is 16.3 Å². The van der Waals surface area contributed by atoms with Gasteiger partial charge in [0.25, 0.3) is 5.91 Å². The molecule has 0 saturated heterocycles. The van der Waals surface area contributed by atoms with Crippen molar-refractivity contribution in [3.05, 3.63) is 40.4 Å². The molecule has 0 radical (unpaired) electrons. The molecule has 1 amide bonds. The first-order valence-electron chi connectivity index (χ1n) is 7.46. The first kappa shape index (κ1) is 17.1. The predicted molar refractivity (Wildman–Crippen MR) is 88.9 cm³/mol. The van der Waals surface area contributed by atoms with Crippen molar-refractivity contribution >= 4 is 28.3 Å². The number of carbonyl (C=O) groups excluding carboxylic acids is 2. The minimum absolute atomic E-state index is 0.280. The Balaban J connectivity index is 1.95. The van der Waals surface area contributed by atoms with Crippen LogP contribution in [0.2, 0.25) is 0 Å². The number of benzene rings is 1. The van der Waals surface area contributed by atoms with Gasteiger partial charge in [-0.25, -0.2) is 4.79 Å². The van der Waals surface area contributed by atoms with E-state index in [0.717, 1.165) is 30.7 Å². The number of anilines is 1. The Bertz CT molecular complexity index is 667. The number of unbranched alkanes of at least 4 members (excludes halogenated alkanes) is 2. The third-order valence-electron chi connectivity index (χ3n) is 3.25. The summed E-state index contributed by atoms with van der Waals surface area (Å²) in [5, 5.41) is 12.2. The molecule has 0 aliphatic rings. The van der Waals surface area contributed by atoms with Gasteiger partial charge in [-0.2, -0.15) is 0 Å². The number of carbonyl (C=O) groups is 2. The van der Waals surface area contributed by atoms with E-state index in [9.17, 15) is 9.59 Å². The Kier molecular flexibility index (Phi) is 6.22. The average Bonchev–Trinajstić information content (AvgIpc) is 3.02. The van der Waals surface area contributed by atoms with Gasteiger partial charge in [0.1, 0.15) is 5.01 Å². The Morgan fingerprint density at radius 1 is 1.13 bits per heavy atom. The summed E-state index contributed by atoms with van der Waals surface area (Å²) in [4.78, 5) is 23.5. The van der Waals surface area contributed by atoms with Gasteiger partial charge in [0.05, 0.1) is 12.7 Å². The molecule has 1 N–H and O–H groups in total. The predicted octanol–water partition coefficient (Wildman–Crippen LogP) is 3.31. The van der Waals surface area contributed by atoms with Gasteiger partial charge in [-0.1, -0.05) is 31.1 Å². The van der Waals surface area contributed by atoms with Gasteiger partial charge in [-0.05, 0) is 30.7 Å². The topological polar surface area (TPSA) is 81.2 Å². The van der Waals surface area contributed by atoms with E-state index >= 15 is 0 Å². The average molecular weight is 333 g/mol. The van der Waals surface area contributed by atoms with E-state index < -0.39 is 5.97 Å². The van der Waals surface area contributed by atoms with E-state index in [1.807, 2.05) is 0 Å². The zero-order chi connectivity index (χ0) is 16.7. The number of aryl methyl sites for hydroxylation is 1. The second kappa shape index (κ2) is 8.38. The number of hydrogen-bond donors (Lipinski definition) is 1. The lowest BCUT2D eigenvalue weighted by atomic mass is 10.1. The fourth-order valence-corrected chi connectivity index (χ4v) is 2.75.